The molecule has 0 amide bonds. The van der Waals surface area contributed by atoms with Gasteiger partial charge < -0.3 is 5.73 Å². The van der Waals surface area contributed by atoms with Gasteiger partial charge in [-0.1, -0.05) is 29.3 Å². The zero-order valence-electron chi connectivity index (χ0n) is 9.84. The van der Waals surface area contributed by atoms with E-state index < -0.39 is 0 Å². The Morgan fingerprint density at radius 1 is 1.39 bits per heavy atom. The molecule has 1 atom stereocenters. The molecule has 1 heterocycles. The van der Waals surface area contributed by atoms with Crippen molar-refractivity contribution in [2.45, 2.75) is 25.7 Å². The van der Waals surface area contributed by atoms with Gasteiger partial charge in [-0.3, -0.25) is 0 Å². The fraction of sp³-hybridized carbons (Fsp3) is 0.308. The van der Waals surface area contributed by atoms with Crippen LogP contribution >= 0.6 is 34.5 Å². The minimum Gasteiger partial charge on any atom is -0.375 e. The SMILES string of the molecule is Cc1ccc(Cl)c(C2CCc3nc(N)sc32)c1Cl. The van der Waals surface area contributed by atoms with E-state index in [1.807, 2.05) is 19.1 Å². The molecular weight excluding hydrogens is 287 g/mol. The van der Waals surface area contributed by atoms with Crippen molar-refractivity contribution in [1.29, 1.82) is 0 Å². The topological polar surface area (TPSA) is 38.9 Å². The molecule has 1 aliphatic rings. The van der Waals surface area contributed by atoms with Crippen molar-refractivity contribution in [3.8, 4) is 0 Å². The summed E-state index contributed by atoms with van der Waals surface area (Å²) in [5, 5.41) is 2.13. The molecule has 3 rings (SSSR count). The zero-order chi connectivity index (χ0) is 12.9. The van der Waals surface area contributed by atoms with E-state index in [-0.39, 0.29) is 5.92 Å². The van der Waals surface area contributed by atoms with Gasteiger partial charge in [0, 0.05) is 20.8 Å². The van der Waals surface area contributed by atoms with Crippen LogP contribution in [0.4, 0.5) is 5.13 Å². The van der Waals surface area contributed by atoms with Crippen LogP contribution in [0.5, 0.6) is 0 Å². The summed E-state index contributed by atoms with van der Waals surface area (Å²) in [5.41, 5.74) is 8.97. The highest BCUT2D eigenvalue weighted by Gasteiger charge is 2.31. The number of aromatic nitrogens is 1. The molecule has 0 saturated heterocycles. The third kappa shape index (κ3) is 1.81. The maximum absolute atomic E-state index is 6.42. The Balaban J connectivity index is 2.15. The van der Waals surface area contributed by atoms with Crippen molar-refractivity contribution in [3.63, 3.8) is 0 Å². The minimum atomic E-state index is 0.245. The fourth-order valence-corrected chi connectivity index (χ4v) is 4.18. The molecule has 0 bridgehead atoms. The summed E-state index contributed by atoms with van der Waals surface area (Å²) in [4.78, 5) is 5.58. The molecule has 0 fully saturated rings. The summed E-state index contributed by atoms with van der Waals surface area (Å²) >= 11 is 14.3. The number of nitrogens with two attached hydrogens (primary N) is 1. The van der Waals surface area contributed by atoms with E-state index in [0.717, 1.165) is 39.7 Å². The van der Waals surface area contributed by atoms with Crippen LogP contribution < -0.4 is 5.73 Å². The Morgan fingerprint density at radius 3 is 2.94 bits per heavy atom. The predicted octanol–water partition coefficient (Wildman–Crippen LogP) is 4.42. The quantitative estimate of drug-likeness (QED) is 0.846. The van der Waals surface area contributed by atoms with Gasteiger partial charge in [-0.2, -0.15) is 0 Å². The van der Waals surface area contributed by atoms with Gasteiger partial charge in [0.2, 0.25) is 0 Å². The van der Waals surface area contributed by atoms with Gasteiger partial charge in [-0.05, 0) is 37.0 Å². The molecule has 1 aromatic carbocycles. The van der Waals surface area contributed by atoms with E-state index in [9.17, 15) is 0 Å². The Labute approximate surface area is 120 Å². The van der Waals surface area contributed by atoms with E-state index >= 15 is 0 Å². The minimum absolute atomic E-state index is 0.245. The number of nitrogen functional groups attached to an aromatic ring is 1. The van der Waals surface area contributed by atoms with E-state index in [4.69, 9.17) is 28.9 Å². The molecular formula is C13H12Cl2N2S. The van der Waals surface area contributed by atoms with E-state index in [2.05, 4.69) is 4.98 Å². The molecule has 0 spiro atoms. The number of thiazole rings is 1. The molecule has 0 saturated carbocycles. The van der Waals surface area contributed by atoms with Gasteiger partial charge in [0.15, 0.2) is 5.13 Å². The third-order valence-corrected chi connectivity index (χ3v) is 5.27. The number of hydrogen-bond acceptors (Lipinski definition) is 3. The number of hydrogen-bond donors (Lipinski definition) is 1. The molecule has 0 aliphatic heterocycles. The molecule has 0 radical (unpaired) electrons. The summed E-state index contributed by atoms with van der Waals surface area (Å²) < 4.78 is 0. The second kappa shape index (κ2) is 4.41. The molecule has 18 heavy (non-hydrogen) atoms. The maximum atomic E-state index is 6.42. The Morgan fingerprint density at radius 2 is 2.17 bits per heavy atom. The van der Waals surface area contributed by atoms with Crippen LogP contribution in [0.3, 0.4) is 0 Å². The van der Waals surface area contributed by atoms with Crippen molar-refractivity contribution in [1.82, 2.24) is 4.98 Å². The highest BCUT2D eigenvalue weighted by molar-refractivity contribution is 7.15. The van der Waals surface area contributed by atoms with Crippen molar-refractivity contribution < 1.29 is 0 Å². The van der Waals surface area contributed by atoms with Crippen LogP contribution in [-0.2, 0) is 6.42 Å². The Bertz CT molecular complexity index is 622. The lowest BCUT2D eigenvalue weighted by Crippen LogP contribution is -1.98. The van der Waals surface area contributed by atoms with Crippen LogP contribution in [0.25, 0.3) is 0 Å². The first-order valence-corrected chi connectivity index (χ1v) is 7.34. The monoisotopic (exact) mass is 298 g/mol. The summed E-state index contributed by atoms with van der Waals surface area (Å²) in [6.45, 7) is 2.00. The first-order valence-electron chi connectivity index (χ1n) is 5.77. The van der Waals surface area contributed by atoms with Gasteiger partial charge in [0.1, 0.15) is 0 Å². The molecule has 1 aliphatic carbocycles. The predicted molar refractivity (Wildman–Crippen MR) is 77.9 cm³/mol. The third-order valence-electron chi connectivity index (χ3n) is 3.40. The molecule has 2 N–H and O–H groups in total. The summed E-state index contributed by atoms with van der Waals surface area (Å²) in [6.07, 6.45) is 1.96. The standard InChI is InChI=1S/C13H12Cl2N2S/c1-6-2-4-8(14)10(11(6)15)7-3-5-9-12(7)18-13(16)17-9/h2,4,7H,3,5H2,1H3,(H2,16,17). The van der Waals surface area contributed by atoms with Crippen LogP contribution in [0, 0.1) is 6.92 Å². The van der Waals surface area contributed by atoms with E-state index in [1.165, 1.54) is 4.88 Å². The van der Waals surface area contributed by atoms with Gasteiger partial charge in [-0.15, -0.1) is 11.3 Å². The highest BCUT2D eigenvalue weighted by Crippen LogP contribution is 2.47. The number of rotatable bonds is 1. The highest BCUT2D eigenvalue weighted by atomic mass is 35.5. The smallest absolute Gasteiger partial charge is 0.180 e. The largest absolute Gasteiger partial charge is 0.375 e. The lowest BCUT2D eigenvalue weighted by Gasteiger charge is -2.15. The maximum Gasteiger partial charge on any atom is 0.180 e. The van der Waals surface area contributed by atoms with E-state index in [1.54, 1.807) is 11.3 Å². The first-order chi connectivity index (χ1) is 8.58. The first kappa shape index (κ1) is 12.3. The molecule has 5 heteroatoms. The van der Waals surface area contributed by atoms with Crippen LogP contribution in [0.2, 0.25) is 10.0 Å². The number of fused-ring (bicyclic) bond motifs is 1. The molecule has 2 aromatic rings. The molecule has 94 valence electrons. The van der Waals surface area contributed by atoms with Crippen molar-refractivity contribution in [3.05, 3.63) is 43.9 Å². The van der Waals surface area contributed by atoms with Gasteiger partial charge in [0.25, 0.3) is 0 Å². The number of anilines is 1. The van der Waals surface area contributed by atoms with Crippen molar-refractivity contribution in [2.24, 2.45) is 0 Å². The summed E-state index contributed by atoms with van der Waals surface area (Å²) in [7, 11) is 0. The summed E-state index contributed by atoms with van der Waals surface area (Å²) in [6, 6.07) is 3.87. The zero-order valence-corrected chi connectivity index (χ0v) is 12.2. The van der Waals surface area contributed by atoms with Gasteiger partial charge >= 0.3 is 0 Å². The number of aryl methyl sites for hydroxylation is 2. The average molecular weight is 299 g/mol. The van der Waals surface area contributed by atoms with Crippen LogP contribution in [-0.4, -0.2) is 4.98 Å². The number of nitrogens with zero attached hydrogens (tertiary/aromatic N) is 1. The van der Waals surface area contributed by atoms with Gasteiger partial charge in [0.05, 0.1) is 5.69 Å². The Kier molecular flexibility index (Phi) is 3.00. The van der Waals surface area contributed by atoms with Gasteiger partial charge in [-0.25, -0.2) is 4.98 Å². The summed E-state index contributed by atoms with van der Waals surface area (Å²) in [5.74, 6) is 0.245. The second-order valence-electron chi connectivity index (χ2n) is 4.55. The van der Waals surface area contributed by atoms with Crippen LogP contribution in [0.1, 0.15) is 34.0 Å². The number of halogens is 2. The fourth-order valence-electron chi connectivity index (χ4n) is 2.52. The molecule has 2 nitrogen and oxygen atoms in total. The van der Waals surface area contributed by atoms with Crippen molar-refractivity contribution >= 4 is 39.7 Å². The average Bonchev–Trinajstić information content (AvgIpc) is 2.85. The van der Waals surface area contributed by atoms with Crippen molar-refractivity contribution in [2.75, 3.05) is 5.73 Å². The number of benzene rings is 1. The second-order valence-corrected chi connectivity index (χ2v) is 6.39. The molecule has 1 aromatic heterocycles. The Hall–Kier alpha value is -0.770. The normalized spacial score (nSPS) is 18.1. The lowest BCUT2D eigenvalue weighted by atomic mass is 9.96. The van der Waals surface area contributed by atoms with Crippen LogP contribution in [0.15, 0.2) is 12.1 Å². The van der Waals surface area contributed by atoms with E-state index in [0.29, 0.717) is 5.13 Å². The molecule has 1 unspecified atom stereocenters. The lowest BCUT2D eigenvalue weighted by molar-refractivity contribution is 0.790.